The van der Waals surface area contributed by atoms with Crippen molar-refractivity contribution in [2.24, 2.45) is 0 Å². The lowest BCUT2D eigenvalue weighted by atomic mass is 10.0. The van der Waals surface area contributed by atoms with Gasteiger partial charge in [0.25, 0.3) is 5.91 Å². The average Bonchev–Trinajstić information content (AvgIpc) is 2.23. The molecule has 0 aromatic heterocycles. The Kier molecular flexibility index (Phi) is 6.08. The van der Waals surface area contributed by atoms with Gasteiger partial charge in [0.2, 0.25) is 5.91 Å². The zero-order chi connectivity index (χ0) is 12.9. The van der Waals surface area contributed by atoms with Crippen LogP contribution in [-0.2, 0) is 9.59 Å². The first-order chi connectivity index (χ1) is 7.31. The molecule has 0 aliphatic rings. The van der Waals surface area contributed by atoms with Crippen LogP contribution in [-0.4, -0.2) is 68.4 Å². The van der Waals surface area contributed by atoms with Gasteiger partial charge in [-0.3, -0.25) is 14.9 Å². The van der Waals surface area contributed by atoms with Crippen molar-refractivity contribution in [1.29, 1.82) is 0 Å². The second-order valence-corrected chi connectivity index (χ2v) is 3.22. The van der Waals surface area contributed by atoms with Gasteiger partial charge in [0.05, 0.1) is 6.61 Å². The second-order valence-electron chi connectivity index (χ2n) is 3.22. The van der Waals surface area contributed by atoms with Crippen LogP contribution in [0.25, 0.3) is 0 Å². The summed E-state index contributed by atoms with van der Waals surface area (Å²) < 4.78 is 0. The molecule has 0 aliphatic heterocycles. The summed E-state index contributed by atoms with van der Waals surface area (Å²) in [5.41, 5.74) is 0. The van der Waals surface area contributed by atoms with E-state index in [1.807, 2.05) is 0 Å². The molecular weight excluding hydrogens is 222 g/mol. The van der Waals surface area contributed by atoms with Gasteiger partial charge in [0.1, 0.15) is 18.3 Å². The number of aliphatic hydroxyl groups excluding tert-OH is 5. The molecule has 16 heavy (non-hydrogen) atoms. The molecule has 0 aliphatic carbocycles. The molecule has 4 atom stereocenters. The summed E-state index contributed by atoms with van der Waals surface area (Å²) in [6, 6.07) is 0. The molecule has 0 aromatic rings. The lowest BCUT2D eigenvalue weighted by molar-refractivity contribution is -0.150. The van der Waals surface area contributed by atoms with Crippen molar-refractivity contribution in [3.63, 3.8) is 0 Å². The third-order valence-corrected chi connectivity index (χ3v) is 1.82. The van der Waals surface area contributed by atoms with Crippen molar-refractivity contribution >= 4 is 11.8 Å². The fraction of sp³-hybridized carbons (Fsp3) is 0.750. The largest absolute Gasteiger partial charge is 0.394 e. The lowest BCUT2D eigenvalue weighted by Gasteiger charge is -2.24. The first-order valence-corrected chi connectivity index (χ1v) is 4.45. The predicted octanol–water partition coefficient (Wildman–Crippen LogP) is -3.91. The molecule has 0 aromatic carbocycles. The Balaban J connectivity index is 4.42. The molecular formula is C8H15NO7. The van der Waals surface area contributed by atoms with E-state index in [1.165, 1.54) is 0 Å². The Morgan fingerprint density at radius 3 is 2.00 bits per heavy atom. The molecule has 0 heterocycles. The maximum Gasteiger partial charge on any atom is 0.258 e. The van der Waals surface area contributed by atoms with Crippen LogP contribution in [0.4, 0.5) is 0 Å². The van der Waals surface area contributed by atoms with E-state index >= 15 is 0 Å². The number of aliphatic hydroxyl groups is 5. The number of hydrogen-bond acceptors (Lipinski definition) is 7. The fourth-order valence-electron chi connectivity index (χ4n) is 0.925. The summed E-state index contributed by atoms with van der Waals surface area (Å²) in [6.07, 6.45) is -7.70. The molecule has 8 nitrogen and oxygen atoms in total. The van der Waals surface area contributed by atoms with Gasteiger partial charge in [-0.1, -0.05) is 0 Å². The topological polar surface area (TPSA) is 147 Å². The van der Waals surface area contributed by atoms with Crippen LogP contribution < -0.4 is 5.32 Å². The van der Waals surface area contributed by atoms with Crippen LogP contribution >= 0.6 is 0 Å². The van der Waals surface area contributed by atoms with Crippen molar-refractivity contribution in [3.8, 4) is 0 Å². The SMILES string of the molecule is CC(=O)NC(=O)[C@H](O)[C@H](O)[C@H](O)[C@H](O)CO. The Bertz CT molecular complexity index is 257. The van der Waals surface area contributed by atoms with Gasteiger partial charge in [-0.2, -0.15) is 0 Å². The van der Waals surface area contributed by atoms with E-state index in [0.717, 1.165) is 6.92 Å². The van der Waals surface area contributed by atoms with Crippen LogP contribution in [0.3, 0.4) is 0 Å². The lowest BCUT2D eigenvalue weighted by Crippen LogP contribution is -2.52. The summed E-state index contributed by atoms with van der Waals surface area (Å²) in [5.74, 6) is -1.95. The van der Waals surface area contributed by atoms with E-state index in [2.05, 4.69) is 0 Å². The summed E-state index contributed by atoms with van der Waals surface area (Å²) in [6.45, 7) is 0.176. The zero-order valence-electron chi connectivity index (χ0n) is 8.57. The van der Waals surface area contributed by atoms with E-state index in [0.29, 0.717) is 0 Å². The minimum atomic E-state index is -2.08. The molecule has 0 bridgehead atoms. The summed E-state index contributed by atoms with van der Waals surface area (Å²) in [7, 11) is 0. The van der Waals surface area contributed by atoms with Gasteiger partial charge in [-0.15, -0.1) is 0 Å². The van der Waals surface area contributed by atoms with Crippen molar-refractivity contribution in [1.82, 2.24) is 5.32 Å². The number of carbonyl (C=O) groups excluding carboxylic acids is 2. The molecule has 0 saturated heterocycles. The summed E-state index contributed by atoms with van der Waals surface area (Å²) >= 11 is 0. The van der Waals surface area contributed by atoms with E-state index in [9.17, 15) is 19.8 Å². The highest BCUT2D eigenvalue weighted by Gasteiger charge is 2.34. The van der Waals surface area contributed by atoms with Gasteiger partial charge in [0, 0.05) is 6.92 Å². The zero-order valence-corrected chi connectivity index (χ0v) is 8.57. The highest BCUT2D eigenvalue weighted by molar-refractivity contribution is 5.96. The van der Waals surface area contributed by atoms with Crippen LogP contribution in [0.15, 0.2) is 0 Å². The van der Waals surface area contributed by atoms with Crippen LogP contribution in [0.5, 0.6) is 0 Å². The molecule has 8 heteroatoms. The van der Waals surface area contributed by atoms with Gasteiger partial charge in [-0.05, 0) is 0 Å². The first kappa shape index (κ1) is 14.9. The van der Waals surface area contributed by atoms with Gasteiger partial charge >= 0.3 is 0 Å². The summed E-state index contributed by atoms with van der Waals surface area (Å²) in [4.78, 5) is 21.5. The first-order valence-electron chi connectivity index (χ1n) is 4.45. The molecule has 94 valence electrons. The fourth-order valence-corrected chi connectivity index (χ4v) is 0.925. The highest BCUT2D eigenvalue weighted by atomic mass is 16.4. The molecule has 0 saturated carbocycles. The molecule has 0 radical (unpaired) electrons. The molecule has 0 spiro atoms. The monoisotopic (exact) mass is 237 g/mol. The highest BCUT2D eigenvalue weighted by Crippen LogP contribution is 2.05. The van der Waals surface area contributed by atoms with Crippen LogP contribution in [0.2, 0.25) is 0 Å². The smallest absolute Gasteiger partial charge is 0.258 e. The standard InChI is InChI=1S/C8H15NO7/c1-3(11)9-8(16)7(15)6(14)5(13)4(12)2-10/h4-7,10,12-15H,2H2,1H3,(H,9,11,16)/t4-,5-,6-,7-/m1/s1. The van der Waals surface area contributed by atoms with Gasteiger partial charge in [-0.25, -0.2) is 0 Å². The Morgan fingerprint density at radius 1 is 1.12 bits per heavy atom. The number of amides is 2. The number of rotatable bonds is 5. The maximum atomic E-state index is 11.0. The normalized spacial score (nSPS) is 18.4. The van der Waals surface area contributed by atoms with E-state index in [-0.39, 0.29) is 0 Å². The van der Waals surface area contributed by atoms with Crippen molar-refractivity contribution in [2.45, 2.75) is 31.3 Å². The number of imide groups is 1. The van der Waals surface area contributed by atoms with E-state index in [4.69, 9.17) is 15.3 Å². The maximum absolute atomic E-state index is 11.0. The molecule has 0 fully saturated rings. The van der Waals surface area contributed by atoms with Gasteiger partial charge < -0.3 is 25.5 Å². The van der Waals surface area contributed by atoms with E-state index in [1.54, 1.807) is 5.32 Å². The quantitative estimate of drug-likeness (QED) is 0.286. The summed E-state index contributed by atoms with van der Waals surface area (Å²) in [5, 5.41) is 46.7. The molecule has 6 N–H and O–H groups in total. The van der Waals surface area contributed by atoms with Gasteiger partial charge in [0.15, 0.2) is 6.10 Å². The number of nitrogens with one attached hydrogen (secondary N) is 1. The minimum Gasteiger partial charge on any atom is -0.394 e. The van der Waals surface area contributed by atoms with Crippen LogP contribution in [0.1, 0.15) is 6.92 Å². The number of carbonyl (C=O) groups is 2. The van der Waals surface area contributed by atoms with Crippen molar-refractivity contribution < 1.29 is 35.1 Å². The third kappa shape index (κ3) is 4.21. The molecule has 2 amide bonds. The van der Waals surface area contributed by atoms with Crippen molar-refractivity contribution in [3.05, 3.63) is 0 Å². The molecule has 0 rings (SSSR count). The van der Waals surface area contributed by atoms with Crippen molar-refractivity contribution in [2.75, 3.05) is 6.61 Å². The number of hydrogen-bond donors (Lipinski definition) is 6. The predicted molar refractivity (Wildman–Crippen MR) is 49.9 cm³/mol. The minimum absolute atomic E-state index is 0.742. The Labute approximate surface area is 91.1 Å². The van der Waals surface area contributed by atoms with Crippen LogP contribution in [0, 0.1) is 0 Å². The molecule has 0 unspecified atom stereocenters. The third-order valence-electron chi connectivity index (χ3n) is 1.82. The Morgan fingerprint density at radius 2 is 1.62 bits per heavy atom. The second kappa shape index (κ2) is 6.51. The Hall–Kier alpha value is -1.06. The van der Waals surface area contributed by atoms with E-state index < -0.39 is 42.8 Å². The average molecular weight is 237 g/mol.